The molecule has 0 aromatic rings. The van der Waals surface area contributed by atoms with Crippen molar-refractivity contribution in [2.75, 3.05) is 0 Å². The Kier molecular flexibility index (Phi) is 5.54. The Morgan fingerprint density at radius 3 is 1.00 bits per heavy atom. The van der Waals surface area contributed by atoms with Gasteiger partial charge in [-0.1, -0.05) is 0 Å². The van der Waals surface area contributed by atoms with Crippen molar-refractivity contribution < 1.29 is 57.1 Å². The first kappa shape index (κ1) is 21.3. The van der Waals surface area contributed by atoms with Crippen LogP contribution in [0.2, 0.25) is 0 Å². The minimum absolute atomic E-state index is 1.68. The Labute approximate surface area is 122 Å². The minimum Gasteiger partial charge on any atom is -0.294 e. The molecule has 0 aromatic carbocycles. The molecule has 0 spiro atoms. The highest BCUT2D eigenvalue weighted by atomic mass is 79.9. The van der Waals surface area contributed by atoms with E-state index >= 15 is 0 Å². The molecule has 0 saturated heterocycles. The Morgan fingerprint density at radius 1 is 0.476 bits per heavy atom. The summed E-state index contributed by atoms with van der Waals surface area (Å²) in [7, 11) is 0. The second-order valence-corrected chi connectivity index (χ2v) is 6.47. The summed E-state index contributed by atoms with van der Waals surface area (Å²) >= 11 is -2.01. The molecule has 0 rings (SSSR count). The van der Waals surface area contributed by atoms with Crippen LogP contribution in [0.3, 0.4) is 0 Å². The van der Waals surface area contributed by atoms with E-state index in [0.717, 1.165) is 0 Å². The van der Waals surface area contributed by atoms with Crippen molar-refractivity contribution in [3.05, 3.63) is 0 Å². The van der Waals surface area contributed by atoms with Gasteiger partial charge < -0.3 is 0 Å². The highest BCUT2D eigenvalue weighted by molar-refractivity contribution is 9.23. The quantitative estimate of drug-likeness (QED) is 0.445. The molecule has 0 bridgehead atoms. The van der Waals surface area contributed by atoms with Crippen molar-refractivity contribution >= 4 is 31.1 Å². The third-order valence-corrected chi connectivity index (χ3v) is 5.06. The molecule has 0 nitrogen and oxygen atoms in total. The third-order valence-electron chi connectivity index (χ3n) is 2.17. The van der Waals surface area contributed by atoms with E-state index in [-0.39, 0.29) is 0 Å². The molecule has 0 radical (unpaired) electrons. The van der Waals surface area contributed by atoms with E-state index in [2.05, 4.69) is 0 Å². The zero-order chi connectivity index (χ0) is 17.7. The summed E-state index contributed by atoms with van der Waals surface area (Å²) in [5.41, 5.74) is 0. The van der Waals surface area contributed by atoms with Crippen molar-refractivity contribution in [3.8, 4) is 0 Å². The summed E-state index contributed by atoms with van der Waals surface area (Å²) in [5, 5.41) is 0. The Balaban J connectivity index is 6.14. The number of halogens is 14. The highest BCUT2D eigenvalue weighted by Gasteiger charge is 2.90. The fourth-order valence-corrected chi connectivity index (χ4v) is 2.33. The predicted molar refractivity (Wildman–Crippen MR) is 45.5 cm³/mol. The van der Waals surface area contributed by atoms with Gasteiger partial charge in [0.1, 0.15) is 0 Å². The fraction of sp³-hybridized carbons (Fsp3) is 1.00. The molecule has 21 heavy (non-hydrogen) atoms. The average molecular weight is 423 g/mol. The van der Waals surface area contributed by atoms with Crippen LogP contribution in [0.5, 0.6) is 0 Å². The lowest BCUT2D eigenvalue weighted by atomic mass is 9.98. The molecular weight excluding hydrogens is 423 g/mol. The van der Waals surface area contributed by atoms with Crippen LogP contribution >= 0.6 is 12.9 Å². The Morgan fingerprint density at radius 2 is 0.762 bits per heavy atom. The molecule has 0 atom stereocenters. The topological polar surface area (TPSA) is 0 Å². The zero-order valence-electron chi connectivity index (χ0n) is 9.00. The first-order valence-corrected chi connectivity index (χ1v) is 8.93. The molecule has 0 unspecified atom stereocenters. The van der Waals surface area contributed by atoms with E-state index in [1.165, 1.54) is 0 Å². The lowest BCUT2D eigenvalue weighted by Gasteiger charge is -2.40. The van der Waals surface area contributed by atoms with Gasteiger partial charge in [-0.25, -0.2) is 8.78 Å². The lowest BCUT2D eigenvalue weighted by Crippen LogP contribution is -2.70. The van der Waals surface area contributed by atoms with Gasteiger partial charge in [-0.05, 0) is 0 Å². The molecule has 0 heterocycles. The number of alkyl halides is 13. The molecule has 124 valence electrons. The lowest BCUT2D eigenvalue weighted by molar-refractivity contribution is -0.433. The number of hydrogen-bond donors (Lipinski definition) is 0. The summed E-state index contributed by atoms with van der Waals surface area (Å²) in [5.74, 6) is -30.3. The van der Waals surface area contributed by atoms with Crippen molar-refractivity contribution in [2.45, 2.75) is 33.9 Å². The average Bonchev–Trinajstić information content (AvgIpc) is 2.26. The first-order valence-electron chi connectivity index (χ1n) is 4.33. The molecule has 15 heteroatoms. The van der Waals surface area contributed by atoms with E-state index in [9.17, 15) is 57.1 Å². The maximum Gasteiger partial charge on any atom is 0.584 e. The van der Waals surface area contributed by atoms with E-state index in [4.69, 9.17) is 0 Å². The van der Waals surface area contributed by atoms with Gasteiger partial charge in [-0.3, -0.25) is 12.9 Å². The SMILES string of the molecule is FC(F)(F)C(F)(F)C(F)(F)C(F)(F)C(F)(F)[C](F)(F)[Mg][Br]. The van der Waals surface area contributed by atoms with Crippen molar-refractivity contribution in [3.63, 3.8) is 0 Å². The van der Waals surface area contributed by atoms with Crippen molar-refractivity contribution in [1.29, 1.82) is 0 Å². The molecule has 0 aliphatic carbocycles. The van der Waals surface area contributed by atoms with Gasteiger partial charge >= 0.3 is 48.1 Å². The summed E-state index contributed by atoms with van der Waals surface area (Å²) in [6.45, 7) is 0. The van der Waals surface area contributed by atoms with Crippen LogP contribution in [0.4, 0.5) is 57.1 Å². The van der Waals surface area contributed by atoms with Gasteiger partial charge in [0.15, 0.2) is 0 Å². The third kappa shape index (κ3) is 2.93. The van der Waals surface area contributed by atoms with E-state index < -0.39 is 52.1 Å². The van der Waals surface area contributed by atoms with Gasteiger partial charge in [-0.2, -0.15) is 48.3 Å². The smallest absolute Gasteiger partial charge is 0.294 e. The number of rotatable bonds is 5. The minimum atomic E-state index is -7.80. The molecule has 0 fully saturated rings. The van der Waals surface area contributed by atoms with Gasteiger partial charge in [-0.15, -0.1) is 0 Å². The first-order chi connectivity index (χ1) is 8.81. The maximum atomic E-state index is 12.7. The van der Waals surface area contributed by atoms with Gasteiger partial charge in [0.25, 0.3) is 0 Å². The van der Waals surface area contributed by atoms with Gasteiger partial charge in [0.2, 0.25) is 4.05 Å². The second-order valence-electron chi connectivity index (χ2n) is 3.63. The van der Waals surface area contributed by atoms with E-state index in [1.807, 2.05) is 0 Å². The van der Waals surface area contributed by atoms with Crippen LogP contribution in [0.15, 0.2) is 0 Å². The summed E-state index contributed by atoms with van der Waals surface area (Å²) in [6.07, 6.45) is -7.36. The maximum absolute atomic E-state index is 12.7. The highest BCUT2D eigenvalue weighted by Crippen LogP contribution is 2.60. The Bertz CT molecular complexity index is 385. The van der Waals surface area contributed by atoms with Crippen LogP contribution in [0.1, 0.15) is 0 Å². The fourth-order valence-electron chi connectivity index (χ4n) is 0.886. The standard InChI is InChI=1S/C6F13.BrH.Mg/c7-1(8)2(9,10)3(11,12)4(13,14)5(15,16)6(17,18)19;;/h;1H;/q;;+1/p-1. The largest absolute Gasteiger partial charge is 0.584 e. The monoisotopic (exact) mass is 422 g/mol. The predicted octanol–water partition coefficient (Wildman–Crippen LogP) is 4.70. The molecule has 0 aromatic heterocycles. The molecular formula is C6BrF13Mg. The summed E-state index contributed by atoms with van der Waals surface area (Å²) < 4.78 is 155. The normalized spacial score (nSPS) is 15.9. The van der Waals surface area contributed by atoms with Gasteiger partial charge in [0.05, 0.1) is 0 Å². The van der Waals surface area contributed by atoms with Crippen LogP contribution in [0, 0.1) is 0 Å². The van der Waals surface area contributed by atoms with E-state index in [0.29, 0.717) is 0 Å². The number of hydrogen-bond acceptors (Lipinski definition) is 0. The molecule has 0 amide bonds. The van der Waals surface area contributed by atoms with Crippen molar-refractivity contribution in [1.82, 2.24) is 0 Å². The summed E-state index contributed by atoms with van der Waals surface area (Å²) in [6, 6.07) is 0. The molecule has 0 N–H and O–H groups in total. The molecule has 0 saturated carbocycles. The summed E-state index contributed by atoms with van der Waals surface area (Å²) in [4.78, 5) is 0. The zero-order valence-corrected chi connectivity index (χ0v) is 12.0. The molecule has 0 aliphatic heterocycles. The molecule has 0 aliphatic rings. The van der Waals surface area contributed by atoms with Crippen molar-refractivity contribution in [2.24, 2.45) is 0 Å². The van der Waals surface area contributed by atoms with Crippen LogP contribution in [0.25, 0.3) is 0 Å². The Hall–Kier alpha value is 0.336. The van der Waals surface area contributed by atoms with Crippen LogP contribution in [-0.4, -0.2) is 52.1 Å². The van der Waals surface area contributed by atoms with Crippen LogP contribution < -0.4 is 0 Å². The van der Waals surface area contributed by atoms with Gasteiger partial charge in [0, 0.05) is 0 Å². The van der Waals surface area contributed by atoms with E-state index in [1.54, 1.807) is 12.9 Å². The second kappa shape index (κ2) is 5.45. The van der Waals surface area contributed by atoms with Crippen LogP contribution in [-0.2, 0) is 0 Å².